The van der Waals surface area contributed by atoms with E-state index in [2.05, 4.69) is 37.2 Å². The van der Waals surface area contributed by atoms with Crippen molar-refractivity contribution < 1.29 is 16.8 Å². The van der Waals surface area contributed by atoms with Crippen LogP contribution in [0.15, 0.2) is 128 Å². The van der Waals surface area contributed by atoms with Gasteiger partial charge in [0.1, 0.15) is 0 Å². The molecule has 0 bridgehead atoms. The Kier molecular flexibility index (Phi) is 9.44. The predicted octanol–water partition coefficient (Wildman–Crippen LogP) is 5.63. The lowest BCUT2D eigenvalue weighted by Gasteiger charge is -2.37. The number of hydrogen-bond acceptors (Lipinski definition) is 5. The standard InChI is InChI=1S/C30H29Br2N3O4S2/c31-25-15-11-23(12-16-25)21-34(40(36,37)27-7-3-1-4-8-27)29-19-33-20-30(29)35(22-24-13-17-26(32)18-14-24)41(38,39)28-9-5-2-6-10-28/h1-18,29-30,33H,19-22H2/t29-,30-/m0/s1. The molecule has 0 amide bonds. The molecule has 1 aliphatic heterocycles. The highest BCUT2D eigenvalue weighted by molar-refractivity contribution is 9.10. The van der Waals surface area contributed by atoms with Crippen molar-refractivity contribution in [1.29, 1.82) is 0 Å². The first-order valence-electron chi connectivity index (χ1n) is 13.0. The lowest BCUT2D eigenvalue weighted by Crippen LogP contribution is -2.54. The summed E-state index contributed by atoms with van der Waals surface area (Å²) in [5, 5.41) is 3.29. The van der Waals surface area contributed by atoms with E-state index in [0.717, 1.165) is 20.1 Å². The van der Waals surface area contributed by atoms with E-state index in [9.17, 15) is 16.8 Å². The molecule has 0 unspecified atom stereocenters. The second-order valence-electron chi connectivity index (χ2n) is 9.77. The minimum absolute atomic E-state index is 0.0882. The zero-order chi connectivity index (χ0) is 29.0. The minimum Gasteiger partial charge on any atom is -0.313 e. The van der Waals surface area contributed by atoms with Gasteiger partial charge in [-0.2, -0.15) is 8.61 Å². The van der Waals surface area contributed by atoms with Gasteiger partial charge in [0.25, 0.3) is 0 Å². The molecule has 1 N–H and O–H groups in total. The van der Waals surface area contributed by atoms with Crippen molar-refractivity contribution in [3.63, 3.8) is 0 Å². The molecule has 41 heavy (non-hydrogen) atoms. The molecule has 1 heterocycles. The summed E-state index contributed by atoms with van der Waals surface area (Å²) in [5.41, 5.74) is 1.59. The average Bonchev–Trinajstić information content (AvgIpc) is 3.46. The fourth-order valence-electron chi connectivity index (χ4n) is 4.99. The van der Waals surface area contributed by atoms with Crippen molar-refractivity contribution in [3.8, 4) is 0 Å². The molecule has 11 heteroatoms. The number of halogens is 2. The van der Waals surface area contributed by atoms with Crippen LogP contribution in [-0.2, 0) is 33.1 Å². The molecule has 214 valence electrons. The molecule has 1 fully saturated rings. The van der Waals surface area contributed by atoms with Crippen LogP contribution in [0.5, 0.6) is 0 Å². The van der Waals surface area contributed by atoms with Crippen LogP contribution in [0, 0.1) is 0 Å². The largest absolute Gasteiger partial charge is 0.313 e. The third-order valence-corrected chi connectivity index (χ3v) is 11.9. The fraction of sp³-hybridized carbons (Fsp3) is 0.200. The number of hydrogen-bond donors (Lipinski definition) is 1. The van der Waals surface area contributed by atoms with Gasteiger partial charge in [0.2, 0.25) is 20.0 Å². The van der Waals surface area contributed by atoms with E-state index in [-0.39, 0.29) is 22.9 Å². The van der Waals surface area contributed by atoms with Crippen molar-refractivity contribution in [2.75, 3.05) is 13.1 Å². The van der Waals surface area contributed by atoms with Crippen LogP contribution in [0.2, 0.25) is 0 Å². The van der Waals surface area contributed by atoms with Gasteiger partial charge < -0.3 is 5.32 Å². The topological polar surface area (TPSA) is 86.8 Å². The molecule has 5 rings (SSSR count). The third kappa shape index (κ3) is 6.83. The van der Waals surface area contributed by atoms with Gasteiger partial charge in [0, 0.05) is 35.1 Å². The van der Waals surface area contributed by atoms with Crippen LogP contribution >= 0.6 is 31.9 Å². The Labute approximate surface area is 258 Å². The van der Waals surface area contributed by atoms with Crippen molar-refractivity contribution in [2.24, 2.45) is 0 Å². The zero-order valence-electron chi connectivity index (χ0n) is 22.0. The summed E-state index contributed by atoms with van der Waals surface area (Å²) in [7, 11) is -7.99. The molecule has 1 aliphatic rings. The number of rotatable bonds is 10. The molecular weight excluding hydrogens is 690 g/mol. The molecule has 4 aromatic carbocycles. The Morgan fingerprint density at radius 2 is 0.902 bits per heavy atom. The highest BCUT2D eigenvalue weighted by Gasteiger charge is 2.45. The fourth-order valence-corrected chi connectivity index (χ4v) is 8.85. The number of nitrogens with zero attached hydrogens (tertiary/aromatic N) is 2. The monoisotopic (exact) mass is 717 g/mol. The quantitative estimate of drug-likeness (QED) is 0.230. The molecule has 7 nitrogen and oxygen atoms in total. The van der Waals surface area contributed by atoms with E-state index in [0.29, 0.717) is 13.1 Å². The number of nitrogens with one attached hydrogen (secondary N) is 1. The predicted molar refractivity (Wildman–Crippen MR) is 167 cm³/mol. The molecule has 2 atom stereocenters. The Bertz CT molecular complexity index is 1540. The summed E-state index contributed by atoms with van der Waals surface area (Å²) in [6, 6.07) is 30.2. The van der Waals surface area contributed by atoms with Crippen LogP contribution in [0.4, 0.5) is 0 Å². The van der Waals surface area contributed by atoms with E-state index in [4.69, 9.17) is 0 Å². The van der Waals surface area contributed by atoms with Crippen molar-refractivity contribution >= 4 is 51.9 Å². The van der Waals surface area contributed by atoms with Gasteiger partial charge in [-0.25, -0.2) is 16.8 Å². The average molecular weight is 720 g/mol. The maximum Gasteiger partial charge on any atom is 0.243 e. The Morgan fingerprint density at radius 1 is 0.561 bits per heavy atom. The third-order valence-electron chi connectivity index (χ3n) is 7.09. The van der Waals surface area contributed by atoms with Crippen molar-refractivity contribution in [3.05, 3.63) is 129 Å². The SMILES string of the molecule is O=S(=O)(c1ccccc1)N(Cc1ccc(Br)cc1)[C@H]1CNC[C@@H]1N(Cc1ccc(Br)cc1)S(=O)(=O)c1ccccc1. The first kappa shape index (κ1) is 30.1. The van der Waals surface area contributed by atoms with Crippen LogP contribution in [-0.4, -0.2) is 50.6 Å². The first-order valence-corrected chi connectivity index (χ1v) is 17.5. The van der Waals surface area contributed by atoms with Gasteiger partial charge in [-0.1, -0.05) is 92.5 Å². The first-order chi connectivity index (χ1) is 19.7. The van der Waals surface area contributed by atoms with Gasteiger partial charge in [0.05, 0.1) is 21.9 Å². The van der Waals surface area contributed by atoms with E-state index < -0.39 is 32.1 Å². The summed E-state index contributed by atoms with van der Waals surface area (Å²) >= 11 is 6.89. The van der Waals surface area contributed by atoms with E-state index in [1.165, 1.54) is 8.61 Å². The summed E-state index contributed by atoms with van der Waals surface area (Å²) in [6.45, 7) is 0.776. The van der Waals surface area contributed by atoms with E-state index in [1.54, 1.807) is 60.7 Å². The summed E-state index contributed by atoms with van der Waals surface area (Å²) < 4.78 is 61.4. The molecule has 0 aromatic heterocycles. The number of benzene rings is 4. The second-order valence-corrected chi connectivity index (χ2v) is 15.4. The Balaban J connectivity index is 1.60. The van der Waals surface area contributed by atoms with E-state index >= 15 is 0 Å². The molecule has 0 saturated carbocycles. The van der Waals surface area contributed by atoms with Gasteiger partial charge >= 0.3 is 0 Å². The molecule has 0 aliphatic carbocycles. The van der Waals surface area contributed by atoms with E-state index in [1.807, 2.05) is 48.5 Å². The van der Waals surface area contributed by atoms with Crippen LogP contribution in [0.25, 0.3) is 0 Å². The van der Waals surface area contributed by atoms with Gasteiger partial charge in [-0.3, -0.25) is 0 Å². The zero-order valence-corrected chi connectivity index (χ0v) is 26.8. The Hall–Kier alpha value is -2.38. The minimum atomic E-state index is -3.99. The molecule has 0 radical (unpaired) electrons. The lowest BCUT2D eigenvalue weighted by molar-refractivity contribution is 0.219. The second kappa shape index (κ2) is 12.9. The van der Waals surface area contributed by atoms with Crippen molar-refractivity contribution in [2.45, 2.75) is 35.0 Å². The van der Waals surface area contributed by atoms with Gasteiger partial charge in [-0.15, -0.1) is 0 Å². The normalized spacial score (nSPS) is 17.8. The van der Waals surface area contributed by atoms with Gasteiger partial charge in [0.15, 0.2) is 0 Å². The van der Waals surface area contributed by atoms with Crippen LogP contribution in [0.1, 0.15) is 11.1 Å². The summed E-state index contributed by atoms with van der Waals surface area (Å²) in [6.07, 6.45) is 0. The molecular formula is C30H29Br2N3O4S2. The van der Waals surface area contributed by atoms with Crippen LogP contribution < -0.4 is 5.32 Å². The molecule has 0 spiro atoms. The smallest absolute Gasteiger partial charge is 0.243 e. The maximum atomic E-state index is 14.2. The summed E-state index contributed by atoms with van der Waals surface area (Å²) in [4.78, 5) is 0.321. The highest BCUT2D eigenvalue weighted by atomic mass is 79.9. The van der Waals surface area contributed by atoms with Gasteiger partial charge in [-0.05, 0) is 59.7 Å². The molecule has 1 saturated heterocycles. The lowest BCUT2D eigenvalue weighted by atomic mass is 10.1. The highest BCUT2D eigenvalue weighted by Crippen LogP contribution is 2.31. The Morgan fingerprint density at radius 3 is 1.24 bits per heavy atom. The molecule has 4 aromatic rings. The maximum absolute atomic E-state index is 14.2. The van der Waals surface area contributed by atoms with Crippen LogP contribution in [0.3, 0.4) is 0 Å². The number of sulfonamides is 2. The summed E-state index contributed by atoms with van der Waals surface area (Å²) in [5.74, 6) is 0. The van der Waals surface area contributed by atoms with Crippen molar-refractivity contribution in [1.82, 2.24) is 13.9 Å².